The van der Waals surface area contributed by atoms with Crippen molar-refractivity contribution < 1.29 is 44.5 Å². The first kappa shape index (κ1) is 20.7. The third-order valence-corrected chi connectivity index (χ3v) is 6.10. The molecule has 7 atom stereocenters. The number of hydrogen-bond acceptors (Lipinski definition) is 9. The molecular formula is C19H24O9. The van der Waals surface area contributed by atoms with Crippen LogP contribution in [0, 0.1) is 17.8 Å². The quantitative estimate of drug-likeness (QED) is 0.162. The maximum absolute atomic E-state index is 12.2. The van der Waals surface area contributed by atoms with Gasteiger partial charge in [0.1, 0.15) is 24.4 Å². The number of rotatable bonds is 5. The molecule has 1 heterocycles. The molecule has 0 spiro atoms. The second kappa shape index (κ2) is 7.41. The van der Waals surface area contributed by atoms with Crippen molar-refractivity contribution in [3.8, 4) is 0 Å². The van der Waals surface area contributed by atoms with Crippen LogP contribution in [-0.2, 0) is 24.0 Å². The number of aliphatic hydroxyl groups is 3. The van der Waals surface area contributed by atoms with Crippen molar-refractivity contribution in [2.24, 2.45) is 17.8 Å². The molecule has 0 unspecified atom stereocenters. The minimum Gasteiger partial charge on any atom is -0.458 e. The summed E-state index contributed by atoms with van der Waals surface area (Å²) < 4.78 is 10.9. The second-order valence-electron chi connectivity index (χ2n) is 7.64. The van der Waals surface area contributed by atoms with E-state index in [0.29, 0.717) is 5.57 Å². The minimum absolute atomic E-state index is 0.0690. The molecule has 0 amide bonds. The molecule has 0 bridgehead atoms. The average Bonchev–Trinajstić information content (AvgIpc) is 3.03. The molecule has 0 aromatic heterocycles. The van der Waals surface area contributed by atoms with E-state index in [1.807, 2.05) is 0 Å². The zero-order valence-electron chi connectivity index (χ0n) is 15.2. The summed E-state index contributed by atoms with van der Waals surface area (Å²) in [6.07, 6.45) is -2.84. The fourth-order valence-electron chi connectivity index (χ4n) is 4.67. The lowest BCUT2D eigenvalue weighted by Crippen LogP contribution is -2.53. The highest BCUT2D eigenvalue weighted by atomic mass is 17.1. The van der Waals surface area contributed by atoms with E-state index in [0.717, 1.165) is 0 Å². The Morgan fingerprint density at radius 3 is 2.64 bits per heavy atom. The fraction of sp³-hybridized carbons (Fsp3) is 0.579. The first-order valence-electron chi connectivity index (χ1n) is 8.89. The first-order valence-corrected chi connectivity index (χ1v) is 8.89. The third-order valence-electron chi connectivity index (χ3n) is 6.10. The molecule has 4 N–H and O–H groups in total. The van der Waals surface area contributed by atoms with Gasteiger partial charge in [-0.3, -0.25) is 5.26 Å². The Morgan fingerprint density at radius 2 is 2.04 bits per heavy atom. The Kier molecular flexibility index (Phi) is 5.48. The Morgan fingerprint density at radius 1 is 1.36 bits per heavy atom. The van der Waals surface area contributed by atoms with Crippen LogP contribution in [0.15, 0.2) is 36.5 Å². The zero-order chi connectivity index (χ0) is 20.8. The number of hydrogen-bond donors (Lipinski definition) is 4. The summed E-state index contributed by atoms with van der Waals surface area (Å²) in [5.41, 5.74) is -1.39. The van der Waals surface area contributed by atoms with E-state index >= 15 is 0 Å². The molecule has 1 aliphatic heterocycles. The molecule has 2 saturated carbocycles. The van der Waals surface area contributed by atoms with Crippen LogP contribution < -0.4 is 0 Å². The van der Waals surface area contributed by atoms with E-state index < -0.39 is 66.8 Å². The van der Waals surface area contributed by atoms with Gasteiger partial charge in [-0.15, -0.1) is 0 Å². The summed E-state index contributed by atoms with van der Waals surface area (Å²) in [7, 11) is 0. The molecule has 9 heteroatoms. The van der Waals surface area contributed by atoms with Crippen molar-refractivity contribution in [1.29, 1.82) is 0 Å². The molecule has 3 rings (SSSR count). The second-order valence-corrected chi connectivity index (χ2v) is 7.64. The highest BCUT2D eigenvalue weighted by Crippen LogP contribution is 2.54. The van der Waals surface area contributed by atoms with Gasteiger partial charge in [-0.1, -0.05) is 25.3 Å². The third kappa shape index (κ3) is 3.09. The first-order chi connectivity index (χ1) is 13.2. The van der Waals surface area contributed by atoms with E-state index in [1.165, 1.54) is 0 Å². The van der Waals surface area contributed by atoms with E-state index in [1.54, 1.807) is 0 Å². The lowest BCUT2D eigenvalue weighted by Gasteiger charge is -2.37. The summed E-state index contributed by atoms with van der Waals surface area (Å²) in [6.45, 7) is 10.0. The van der Waals surface area contributed by atoms with Crippen LogP contribution in [-0.4, -0.2) is 69.6 Å². The number of esters is 2. The molecular weight excluding hydrogens is 372 g/mol. The van der Waals surface area contributed by atoms with Crippen LogP contribution in [0.3, 0.4) is 0 Å². The van der Waals surface area contributed by atoms with E-state index in [2.05, 4.69) is 24.6 Å². The predicted molar refractivity (Wildman–Crippen MR) is 93.5 cm³/mol. The van der Waals surface area contributed by atoms with Gasteiger partial charge in [0.2, 0.25) is 0 Å². The highest BCUT2D eigenvalue weighted by molar-refractivity contribution is 5.92. The smallest absolute Gasteiger partial charge is 0.336 e. The summed E-state index contributed by atoms with van der Waals surface area (Å²) >= 11 is 0. The molecule has 0 aromatic rings. The molecule has 1 saturated heterocycles. The molecule has 3 fully saturated rings. The maximum Gasteiger partial charge on any atom is 0.336 e. The number of ether oxygens (including phenoxy) is 2. The van der Waals surface area contributed by atoms with Gasteiger partial charge in [-0.25, -0.2) is 14.5 Å². The standard InChI is InChI=1S/C19H24O9/c1-8-4-12(27-17(22)9(2)6-20)14-10(3)18(23)28-16(14)15-11(8)5-13(21)19(15,24)7-26-25/h11-16,20-21,24-25H,1-7H2/t11-,12-,13-,14+,15-,16-,19+/m0/s1. The maximum atomic E-state index is 12.2. The van der Waals surface area contributed by atoms with Crippen LogP contribution >= 0.6 is 0 Å². The van der Waals surface area contributed by atoms with Crippen LogP contribution in [0.2, 0.25) is 0 Å². The zero-order valence-corrected chi connectivity index (χ0v) is 15.2. The van der Waals surface area contributed by atoms with Crippen molar-refractivity contribution in [1.82, 2.24) is 0 Å². The number of fused-ring (bicyclic) bond motifs is 3. The Labute approximate surface area is 161 Å². The van der Waals surface area contributed by atoms with Crippen LogP contribution in [0.4, 0.5) is 0 Å². The topological polar surface area (TPSA) is 143 Å². The lowest BCUT2D eigenvalue weighted by molar-refractivity contribution is -0.291. The van der Waals surface area contributed by atoms with Gasteiger partial charge in [0.05, 0.1) is 24.2 Å². The van der Waals surface area contributed by atoms with Crippen molar-refractivity contribution in [3.05, 3.63) is 36.5 Å². The Bertz CT molecular complexity index is 729. The summed E-state index contributed by atoms with van der Waals surface area (Å²) in [5, 5.41) is 39.5. The molecule has 3 aliphatic rings. The van der Waals surface area contributed by atoms with Crippen LogP contribution in [0.1, 0.15) is 12.8 Å². The minimum atomic E-state index is -1.90. The number of aliphatic hydroxyl groups excluding tert-OH is 2. The van der Waals surface area contributed by atoms with E-state index in [4.69, 9.17) is 19.8 Å². The van der Waals surface area contributed by atoms with Crippen LogP contribution in [0.25, 0.3) is 0 Å². The van der Waals surface area contributed by atoms with Crippen molar-refractivity contribution in [2.75, 3.05) is 13.2 Å². The van der Waals surface area contributed by atoms with E-state index in [-0.39, 0.29) is 24.0 Å². The van der Waals surface area contributed by atoms with Gasteiger partial charge in [-0.05, 0) is 12.3 Å². The van der Waals surface area contributed by atoms with Crippen molar-refractivity contribution >= 4 is 11.9 Å². The van der Waals surface area contributed by atoms with Crippen molar-refractivity contribution in [3.63, 3.8) is 0 Å². The molecule has 154 valence electrons. The normalized spacial score (nSPS) is 39.8. The van der Waals surface area contributed by atoms with E-state index in [9.17, 15) is 19.8 Å². The number of carbonyl (C=O) groups excluding carboxylic acids is 2. The molecule has 0 radical (unpaired) electrons. The number of carbonyl (C=O) groups is 2. The summed E-state index contributed by atoms with van der Waals surface area (Å²) in [6, 6.07) is 0. The summed E-state index contributed by atoms with van der Waals surface area (Å²) in [4.78, 5) is 28.5. The van der Waals surface area contributed by atoms with Crippen LogP contribution in [0.5, 0.6) is 0 Å². The molecule has 2 aliphatic carbocycles. The van der Waals surface area contributed by atoms with Gasteiger partial charge in [0, 0.05) is 17.9 Å². The molecule has 28 heavy (non-hydrogen) atoms. The monoisotopic (exact) mass is 396 g/mol. The van der Waals surface area contributed by atoms with Crippen molar-refractivity contribution in [2.45, 2.75) is 36.8 Å². The van der Waals surface area contributed by atoms with Gasteiger partial charge >= 0.3 is 11.9 Å². The molecule has 0 aromatic carbocycles. The Balaban J connectivity index is 2.01. The van der Waals surface area contributed by atoms with Gasteiger partial charge in [-0.2, -0.15) is 0 Å². The Hall–Kier alpha value is -2.04. The highest BCUT2D eigenvalue weighted by Gasteiger charge is 2.64. The fourth-order valence-corrected chi connectivity index (χ4v) is 4.67. The average molecular weight is 396 g/mol. The van der Waals surface area contributed by atoms with Gasteiger partial charge < -0.3 is 24.8 Å². The van der Waals surface area contributed by atoms with Gasteiger partial charge in [0.15, 0.2) is 0 Å². The summed E-state index contributed by atoms with van der Waals surface area (Å²) in [5.74, 6) is -3.64. The molecule has 9 nitrogen and oxygen atoms in total. The predicted octanol–water partition coefficient (Wildman–Crippen LogP) is -0.278. The SMILES string of the molecule is C=C(CO)C(=O)O[C@H]1CC(=C)[C@@H]2C[C@H](O)[C@](O)(COO)[C@@H]2[C@H]2OC(=O)C(=C)[C@@H]21. The lowest BCUT2D eigenvalue weighted by atomic mass is 9.76. The largest absolute Gasteiger partial charge is 0.458 e. The van der Waals surface area contributed by atoms with Gasteiger partial charge in [0.25, 0.3) is 0 Å².